The number of anilines is 1. The van der Waals surface area contributed by atoms with Gasteiger partial charge < -0.3 is 16.2 Å². The van der Waals surface area contributed by atoms with E-state index in [1.54, 1.807) is 18.2 Å². The fourth-order valence-corrected chi connectivity index (χ4v) is 3.70. The van der Waals surface area contributed by atoms with Crippen molar-refractivity contribution in [3.05, 3.63) is 58.9 Å². The number of hydrogen-bond acceptors (Lipinski definition) is 5. The fourth-order valence-electron chi connectivity index (χ4n) is 3.58. The highest BCUT2D eigenvalue weighted by molar-refractivity contribution is 6.30. The zero-order valence-electron chi connectivity index (χ0n) is 16.3. The summed E-state index contributed by atoms with van der Waals surface area (Å²) in [5.74, 6) is 1.50. The van der Waals surface area contributed by atoms with Gasteiger partial charge in [-0.25, -0.2) is 9.97 Å². The Hall–Kier alpha value is -2.05. The molecule has 5 nitrogen and oxygen atoms in total. The summed E-state index contributed by atoms with van der Waals surface area (Å²) in [6, 6.07) is 13.0. The molecule has 0 amide bonds. The quantitative estimate of drug-likeness (QED) is 0.459. The number of benzene rings is 2. The number of halogens is 3. The molecule has 4 N–H and O–H groups in total. The summed E-state index contributed by atoms with van der Waals surface area (Å²) >= 11 is 5.94. The second kappa shape index (κ2) is 10.8. The van der Waals surface area contributed by atoms with E-state index in [4.69, 9.17) is 22.3 Å². The second-order valence-corrected chi connectivity index (χ2v) is 7.65. The molecule has 1 aliphatic carbocycles. The van der Waals surface area contributed by atoms with Gasteiger partial charge >= 0.3 is 0 Å². The van der Waals surface area contributed by atoms with Crippen LogP contribution in [-0.2, 0) is 0 Å². The molecule has 2 atom stereocenters. The van der Waals surface area contributed by atoms with E-state index in [0.29, 0.717) is 16.7 Å². The second-order valence-electron chi connectivity index (χ2n) is 7.22. The summed E-state index contributed by atoms with van der Waals surface area (Å²) in [6.07, 6.45) is 8.18. The van der Waals surface area contributed by atoms with Gasteiger partial charge in [0.1, 0.15) is 11.6 Å². The average molecular weight is 468 g/mol. The van der Waals surface area contributed by atoms with E-state index in [1.165, 1.54) is 6.42 Å². The third kappa shape index (κ3) is 5.76. The molecule has 160 valence electrons. The van der Waals surface area contributed by atoms with Crippen molar-refractivity contribution < 1.29 is 5.11 Å². The van der Waals surface area contributed by atoms with E-state index in [2.05, 4.69) is 10.3 Å². The van der Waals surface area contributed by atoms with E-state index >= 15 is 0 Å². The number of nitrogens with zero attached hydrogens (tertiary/aromatic N) is 2. The van der Waals surface area contributed by atoms with E-state index in [1.807, 2.05) is 36.4 Å². The Bertz CT molecular complexity index is 1010. The molecule has 0 saturated heterocycles. The normalized spacial score (nSPS) is 18.6. The molecule has 0 radical (unpaired) electrons. The number of hydrogen-bond donors (Lipinski definition) is 3. The number of nitrogens with two attached hydrogens (primary N) is 1. The first-order valence-electron chi connectivity index (χ1n) is 9.55. The van der Waals surface area contributed by atoms with Crippen molar-refractivity contribution in [3.8, 4) is 5.75 Å². The van der Waals surface area contributed by atoms with Crippen LogP contribution in [0, 0.1) is 0 Å². The summed E-state index contributed by atoms with van der Waals surface area (Å²) in [4.78, 5) is 9.32. The standard InChI is InChI=1S/C22H23ClN4O.2ClH/c23-15-8-5-14(6-9-15)7-12-21-25-19-11-10-16(28)13-17(19)22(27-21)26-20-4-2-1-3-18(20)24;;/h5-13,18,20,28H,1-4,24H2,(H,25,26,27);2*1H/b12-7+;;. The Morgan fingerprint density at radius 3 is 2.47 bits per heavy atom. The molecule has 2 aromatic carbocycles. The number of phenolic OH excluding ortho intramolecular Hbond substituents is 1. The molecule has 3 aromatic rings. The first-order valence-corrected chi connectivity index (χ1v) is 9.93. The van der Waals surface area contributed by atoms with Crippen LogP contribution in [0.15, 0.2) is 42.5 Å². The summed E-state index contributed by atoms with van der Waals surface area (Å²) in [5.41, 5.74) is 8.10. The molecule has 4 rings (SSSR count). The SMILES string of the molecule is Cl.Cl.NC1CCCCC1Nc1nc(/C=C/c2ccc(Cl)cc2)nc2ccc(O)cc12. The molecule has 1 aromatic heterocycles. The lowest BCUT2D eigenvalue weighted by molar-refractivity contribution is 0.403. The predicted molar refractivity (Wildman–Crippen MR) is 130 cm³/mol. The van der Waals surface area contributed by atoms with E-state index in [9.17, 15) is 5.11 Å². The number of aromatic nitrogens is 2. The topological polar surface area (TPSA) is 84.1 Å². The lowest BCUT2D eigenvalue weighted by Gasteiger charge is -2.30. The van der Waals surface area contributed by atoms with Gasteiger partial charge in [0.05, 0.1) is 5.52 Å². The molecule has 30 heavy (non-hydrogen) atoms. The van der Waals surface area contributed by atoms with Gasteiger partial charge in [0.2, 0.25) is 0 Å². The first kappa shape index (κ1) is 24.2. The van der Waals surface area contributed by atoms with Crippen LogP contribution in [0.3, 0.4) is 0 Å². The maximum absolute atomic E-state index is 9.92. The number of rotatable bonds is 4. The minimum Gasteiger partial charge on any atom is -0.508 e. The highest BCUT2D eigenvalue weighted by Crippen LogP contribution is 2.28. The van der Waals surface area contributed by atoms with Crippen molar-refractivity contribution >= 4 is 65.3 Å². The molecule has 0 spiro atoms. The van der Waals surface area contributed by atoms with Gasteiger partial charge in [-0.05, 0) is 54.8 Å². The lowest BCUT2D eigenvalue weighted by atomic mass is 9.91. The Labute approximate surface area is 193 Å². The molecule has 1 aliphatic rings. The highest BCUT2D eigenvalue weighted by atomic mass is 35.5. The van der Waals surface area contributed by atoms with Crippen LogP contribution in [0.2, 0.25) is 5.02 Å². The largest absolute Gasteiger partial charge is 0.508 e. The lowest BCUT2D eigenvalue weighted by Crippen LogP contribution is -2.42. The van der Waals surface area contributed by atoms with Crippen LogP contribution in [0.4, 0.5) is 5.82 Å². The highest BCUT2D eigenvalue weighted by Gasteiger charge is 2.23. The Balaban J connectivity index is 0.00000160. The minimum atomic E-state index is 0. The van der Waals surface area contributed by atoms with E-state index in [-0.39, 0.29) is 42.6 Å². The van der Waals surface area contributed by atoms with Gasteiger partial charge in [-0.3, -0.25) is 0 Å². The average Bonchev–Trinajstić information content (AvgIpc) is 2.70. The Kier molecular flexibility index (Phi) is 8.74. The van der Waals surface area contributed by atoms with Gasteiger partial charge in [-0.15, -0.1) is 24.8 Å². The maximum Gasteiger partial charge on any atom is 0.154 e. The molecule has 1 heterocycles. The van der Waals surface area contributed by atoms with Gasteiger partial charge in [-0.1, -0.05) is 42.7 Å². The van der Waals surface area contributed by atoms with Gasteiger partial charge in [0.15, 0.2) is 5.82 Å². The van der Waals surface area contributed by atoms with E-state index in [0.717, 1.165) is 35.7 Å². The fraction of sp³-hybridized carbons (Fsp3) is 0.273. The molecule has 0 aliphatic heterocycles. The third-order valence-electron chi connectivity index (χ3n) is 5.13. The van der Waals surface area contributed by atoms with Crippen LogP contribution >= 0.6 is 36.4 Å². The van der Waals surface area contributed by atoms with Crippen LogP contribution in [0.5, 0.6) is 5.75 Å². The number of aromatic hydroxyl groups is 1. The number of fused-ring (bicyclic) bond motifs is 1. The summed E-state index contributed by atoms with van der Waals surface area (Å²) in [6.45, 7) is 0. The number of phenols is 1. The molecular weight excluding hydrogens is 443 g/mol. The molecule has 2 unspecified atom stereocenters. The van der Waals surface area contributed by atoms with Crippen LogP contribution < -0.4 is 11.1 Å². The summed E-state index contributed by atoms with van der Waals surface area (Å²) in [5, 5.41) is 14.9. The Morgan fingerprint density at radius 1 is 1.00 bits per heavy atom. The zero-order valence-corrected chi connectivity index (χ0v) is 18.7. The van der Waals surface area contributed by atoms with E-state index < -0.39 is 0 Å². The van der Waals surface area contributed by atoms with Gasteiger partial charge in [-0.2, -0.15) is 0 Å². The molecule has 1 fully saturated rings. The van der Waals surface area contributed by atoms with Crippen molar-refractivity contribution in [1.29, 1.82) is 0 Å². The molecule has 1 saturated carbocycles. The van der Waals surface area contributed by atoms with Crippen LogP contribution in [0.1, 0.15) is 37.1 Å². The minimum absolute atomic E-state index is 0. The predicted octanol–water partition coefficient (Wildman–Crippen LogP) is 5.68. The smallest absolute Gasteiger partial charge is 0.154 e. The van der Waals surface area contributed by atoms with Crippen molar-refractivity contribution in [1.82, 2.24) is 9.97 Å². The molecule has 8 heteroatoms. The van der Waals surface area contributed by atoms with Crippen molar-refractivity contribution in [2.45, 2.75) is 37.8 Å². The summed E-state index contributed by atoms with van der Waals surface area (Å²) in [7, 11) is 0. The van der Waals surface area contributed by atoms with Gasteiger partial charge in [0.25, 0.3) is 0 Å². The first-order chi connectivity index (χ1) is 13.6. The van der Waals surface area contributed by atoms with Gasteiger partial charge in [0, 0.05) is 22.5 Å². The van der Waals surface area contributed by atoms with Crippen LogP contribution in [-0.4, -0.2) is 27.2 Å². The van der Waals surface area contributed by atoms with Crippen LogP contribution in [0.25, 0.3) is 23.1 Å². The zero-order chi connectivity index (χ0) is 19.5. The van der Waals surface area contributed by atoms with Crippen molar-refractivity contribution in [2.75, 3.05) is 5.32 Å². The van der Waals surface area contributed by atoms with Crippen molar-refractivity contribution in [2.24, 2.45) is 5.73 Å². The maximum atomic E-state index is 9.92. The van der Waals surface area contributed by atoms with Crippen molar-refractivity contribution in [3.63, 3.8) is 0 Å². The number of nitrogens with one attached hydrogen (secondary N) is 1. The summed E-state index contributed by atoms with van der Waals surface area (Å²) < 4.78 is 0. The Morgan fingerprint density at radius 2 is 1.73 bits per heavy atom. The molecular formula is C22H25Cl3N4O. The monoisotopic (exact) mass is 466 g/mol. The third-order valence-corrected chi connectivity index (χ3v) is 5.38. The molecule has 0 bridgehead atoms.